The second kappa shape index (κ2) is 8.27. The normalized spacial score (nSPS) is 18.0. The zero-order chi connectivity index (χ0) is 21.3. The van der Waals surface area contributed by atoms with E-state index in [0.717, 1.165) is 19.5 Å². The van der Waals surface area contributed by atoms with E-state index in [2.05, 4.69) is 44.2 Å². The smallest absolute Gasteiger partial charge is 0.329 e. The molecule has 0 aliphatic carbocycles. The van der Waals surface area contributed by atoms with Gasteiger partial charge in [-0.2, -0.15) is 0 Å². The van der Waals surface area contributed by atoms with Crippen LogP contribution in [-0.4, -0.2) is 49.5 Å². The standard InChI is InChI=1S/C21H26N6O3/c1-13(14-6-4-3-5-7-14)27-11-10-15(12-27)22-17(28)9-8-16-23-18-19(24-16)26(2)21(30)25-20(18)29/h3-7,13,15H,8-12H2,1-2H3,(H,22,28)(H,23,24)(H,25,29,30). The summed E-state index contributed by atoms with van der Waals surface area (Å²) in [5.74, 6) is 0.468. The summed E-state index contributed by atoms with van der Waals surface area (Å²) in [7, 11) is 1.54. The largest absolute Gasteiger partial charge is 0.352 e. The van der Waals surface area contributed by atoms with Gasteiger partial charge in [0.25, 0.3) is 5.56 Å². The summed E-state index contributed by atoms with van der Waals surface area (Å²) in [5, 5.41) is 3.11. The summed E-state index contributed by atoms with van der Waals surface area (Å²) in [6.45, 7) is 3.96. The second-order valence-corrected chi connectivity index (χ2v) is 7.84. The van der Waals surface area contributed by atoms with Gasteiger partial charge in [-0.15, -0.1) is 0 Å². The molecule has 1 fully saturated rings. The Bertz CT molecular complexity index is 1160. The number of H-pyrrole nitrogens is 2. The molecular formula is C21H26N6O3. The van der Waals surface area contributed by atoms with Crippen molar-refractivity contribution in [2.45, 2.75) is 38.3 Å². The molecule has 1 aliphatic rings. The van der Waals surface area contributed by atoms with Crippen molar-refractivity contribution in [2.24, 2.45) is 7.05 Å². The van der Waals surface area contributed by atoms with Crippen LogP contribution >= 0.6 is 0 Å². The van der Waals surface area contributed by atoms with Crippen LogP contribution < -0.4 is 16.6 Å². The molecule has 2 atom stereocenters. The van der Waals surface area contributed by atoms with Gasteiger partial charge in [0.05, 0.1) is 0 Å². The summed E-state index contributed by atoms with van der Waals surface area (Å²) in [6, 6.07) is 10.8. The molecule has 0 saturated carbocycles. The maximum Gasteiger partial charge on any atom is 0.329 e. The average Bonchev–Trinajstić information content (AvgIpc) is 3.38. The van der Waals surface area contributed by atoms with E-state index < -0.39 is 11.2 Å². The molecule has 2 aromatic heterocycles. The van der Waals surface area contributed by atoms with Gasteiger partial charge >= 0.3 is 5.69 Å². The fourth-order valence-electron chi connectivity index (χ4n) is 4.00. The minimum atomic E-state index is -0.515. The molecular weight excluding hydrogens is 384 g/mol. The van der Waals surface area contributed by atoms with Gasteiger partial charge in [0.2, 0.25) is 5.91 Å². The first kappa shape index (κ1) is 20.1. The van der Waals surface area contributed by atoms with Gasteiger partial charge in [0.15, 0.2) is 5.65 Å². The van der Waals surface area contributed by atoms with Crippen LogP contribution in [0.25, 0.3) is 11.2 Å². The minimum absolute atomic E-state index is 0.0440. The summed E-state index contributed by atoms with van der Waals surface area (Å²) in [5.41, 5.74) is 0.793. The molecule has 1 amide bonds. The van der Waals surface area contributed by atoms with Crippen molar-refractivity contribution >= 4 is 17.1 Å². The lowest BCUT2D eigenvalue weighted by Crippen LogP contribution is -2.37. The van der Waals surface area contributed by atoms with Crippen LogP contribution in [0.2, 0.25) is 0 Å². The minimum Gasteiger partial charge on any atom is -0.352 e. The number of hydrogen-bond acceptors (Lipinski definition) is 5. The number of nitrogens with zero attached hydrogens (tertiary/aromatic N) is 3. The molecule has 0 bridgehead atoms. The Balaban J connectivity index is 1.32. The monoisotopic (exact) mass is 410 g/mol. The molecule has 1 aromatic carbocycles. The van der Waals surface area contributed by atoms with Crippen molar-refractivity contribution in [3.05, 3.63) is 62.6 Å². The van der Waals surface area contributed by atoms with E-state index in [1.165, 1.54) is 10.1 Å². The lowest BCUT2D eigenvalue weighted by atomic mass is 10.1. The van der Waals surface area contributed by atoms with Gasteiger partial charge in [-0.1, -0.05) is 30.3 Å². The lowest BCUT2D eigenvalue weighted by Gasteiger charge is -2.24. The Morgan fingerprint density at radius 2 is 2.03 bits per heavy atom. The number of carbonyl (C=O) groups is 1. The number of benzene rings is 1. The third kappa shape index (κ3) is 4.06. The van der Waals surface area contributed by atoms with Crippen molar-refractivity contribution < 1.29 is 4.79 Å². The molecule has 3 heterocycles. The average molecular weight is 410 g/mol. The van der Waals surface area contributed by atoms with E-state index >= 15 is 0 Å². The van der Waals surface area contributed by atoms with E-state index in [1.807, 2.05) is 18.2 Å². The van der Waals surface area contributed by atoms with Crippen LogP contribution in [-0.2, 0) is 18.3 Å². The van der Waals surface area contributed by atoms with Crippen molar-refractivity contribution in [1.82, 2.24) is 29.7 Å². The fraction of sp³-hybridized carbons (Fsp3) is 0.429. The highest BCUT2D eigenvalue weighted by atomic mass is 16.2. The Morgan fingerprint density at radius 3 is 2.80 bits per heavy atom. The second-order valence-electron chi connectivity index (χ2n) is 7.84. The van der Waals surface area contributed by atoms with Crippen LogP contribution in [0.5, 0.6) is 0 Å². The molecule has 30 heavy (non-hydrogen) atoms. The Hall–Kier alpha value is -3.20. The third-order valence-corrected chi connectivity index (χ3v) is 5.81. The number of imidazole rings is 1. The van der Waals surface area contributed by atoms with Gasteiger partial charge in [0.1, 0.15) is 11.3 Å². The quantitative estimate of drug-likeness (QED) is 0.557. The number of nitrogens with one attached hydrogen (secondary N) is 3. The number of hydrogen-bond donors (Lipinski definition) is 3. The third-order valence-electron chi connectivity index (χ3n) is 5.81. The Morgan fingerprint density at radius 1 is 1.27 bits per heavy atom. The van der Waals surface area contributed by atoms with Crippen LogP contribution in [0, 0.1) is 0 Å². The number of aromatic amines is 2. The molecule has 0 spiro atoms. The van der Waals surface area contributed by atoms with E-state index in [0.29, 0.717) is 23.9 Å². The lowest BCUT2D eigenvalue weighted by molar-refractivity contribution is -0.121. The van der Waals surface area contributed by atoms with Crippen LogP contribution in [0.1, 0.15) is 37.2 Å². The van der Waals surface area contributed by atoms with Gasteiger partial charge in [-0.3, -0.25) is 24.0 Å². The molecule has 9 nitrogen and oxygen atoms in total. The van der Waals surface area contributed by atoms with E-state index in [1.54, 1.807) is 7.05 Å². The molecule has 3 N–H and O–H groups in total. The summed E-state index contributed by atoms with van der Waals surface area (Å²) < 4.78 is 1.28. The number of amides is 1. The van der Waals surface area contributed by atoms with Crippen LogP contribution in [0.15, 0.2) is 39.9 Å². The van der Waals surface area contributed by atoms with Gasteiger partial charge < -0.3 is 10.3 Å². The molecule has 0 radical (unpaired) electrons. The molecule has 2 unspecified atom stereocenters. The van der Waals surface area contributed by atoms with E-state index in [-0.39, 0.29) is 23.9 Å². The van der Waals surface area contributed by atoms with Crippen molar-refractivity contribution in [3.63, 3.8) is 0 Å². The molecule has 4 rings (SSSR count). The van der Waals surface area contributed by atoms with Gasteiger partial charge in [-0.25, -0.2) is 9.78 Å². The predicted octanol–water partition coefficient (Wildman–Crippen LogP) is 0.834. The SMILES string of the molecule is CC(c1ccccc1)N1CCC(NC(=O)CCc2nc3c([nH]2)c(=O)[nH]c(=O)n3C)C1. The predicted molar refractivity (Wildman–Crippen MR) is 113 cm³/mol. The molecule has 1 aliphatic heterocycles. The molecule has 1 saturated heterocycles. The number of carbonyl (C=O) groups excluding carboxylic acids is 1. The molecule has 9 heteroatoms. The summed E-state index contributed by atoms with van der Waals surface area (Å²) in [6.07, 6.45) is 1.55. The highest BCUT2D eigenvalue weighted by Crippen LogP contribution is 2.24. The summed E-state index contributed by atoms with van der Waals surface area (Å²) in [4.78, 5) is 47.8. The van der Waals surface area contributed by atoms with E-state index in [9.17, 15) is 14.4 Å². The number of aromatic nitrogens is 4. The first-order valence-electron chi connectivity index (χ1n) is 10.2. The zero-order valence-corrected chi connectivity index (χ0v) is 17.1. The van der Waals surface area contributed by atoms with Crippen LogP contribution in [0.3, 0.4) is 0 Å². The van der Waals surface area contributed by atoms with Crippen molar-refractivity contribution in [2.75, 3.05) is 13.1 Å². The maximum atomic E-state index is 12.4. The molecule has 3 aromatic rings. The first-order chi connectivity index (χ1) is 14.4. The Kier molecular flexibility index (Phi) is 5.54. The zero-order valence-electron chi connectivity index (χ0n) is 17.1. The van der Waals surface area contributed by atoms with Crippen LogP contribution in [0.4, 0.5) is 0 Å². The van der Waals surface area contributed by atoms with Crippen molar-refractivity contribution in [1.29, 1.82) is 0 Å². The fourth-order valence-corrected chi connectivity index (χ4v) is 4.00. The van der Waals surface area contributed by atoms with E-state index in [4.69, 9.17) is 0 Å². The topological polar surface area (TPSA) is 116 Å². The maximum absolute atomic E-state index is 12.4. The highest BCUT2D eigenvalue weighted by Gasteiger charge is 2.27. The van der Waals surface area contributed by atoms with Crippen molar-refractivity contribution in [3.8, 4) is 0 Å². The Labute approximate surface area is 173 Å². The number of rotatable bonds is 6. The summed E-state index contributed by atoms with van der Waals surface area (Å²) >= 11 is 0. The van der Waals surface area contributed by atoms with Gasteiger partial charge in [0, 0.05) is 45.1 Å². The number of aryl methyl sites for hydroxylation is 2. The first-order valence-corrected chi connectivity index (χ1v) is 10.2. The van der Waals surface area contributed by atoms with Gasteiger partial charge in [-0.05, 0) is 18.9 Å². The number of fused-ring (bicyclic) bond motifs is 1. The highest BCUT2D eigenvalue weighted by molar-refractivity contribution is 5.76. The number of likely N-dealkylation sites (tertiary alicyclic amines) is 1. The molecule has 158 valence electrons.